The van der Waals surface area contributed by atoms with Gasteiger partial charge in [-0.3, -0.25) is 0 Å². The normalized spacial score (nSPS) is 15.7. The molecule has 0 radical (unpaired) electrons. The second kappa shape index (κ2) is 9.56. The SMILES string of the molecule is Cc1cc2c(cc1C)C(c1ccccc1)(c1ccc(-c3cccc4c3oc3ccccc34)cc1)c1c(C)c(C)cc(Br)c1-2. The van der Waals surface area contributed by atoms with Gasteiger partial charge >= 0.3 is 0 Å². The summed E-state index contributed by atoms with van der Waals surface area (Å²) >= 11 is 4.01. The summed E-state index contributed by atoms with van der Waals surface area (Å²) in [5.74, 6) is 0. The third-order valence-electron chi connectivity index (χ3n) is 9.72. The molecule has 0 aliphatic heterocycles. The Morgan fingerprint density at radius 1 is 0.581 bits per heavy atom. The lowest BCUT2D eigenvalue weighted by Crippen LogP contribution is -2.29. The van der Waals surface area contributed by atoms with Crippen molar-refractivity contribution >= 4 is 37.9 Å². The Labute approximate surface area is 261 Å². The molecule has 0 fully saturated rings. The first-order valence-corrected chi connectivity index (χ1v) is 15.7. The topological polar surface area (TPSA) is 13.1 Å². The first-order chi connectivity index (χ1) is 20.9. The Balaban J connectivity index is 1.43. The van der Waals surface area contributed by atoms with Crippen LogP contribution < -0.4 is 0 Å². The molecular weight excluding hydrogens is 588 g/mol. The zero-order valence-corrected chi connectivity index (χ0v) is 26.3. The summed E-state index contributed by atoms with van der Waals surface area (Å²) in [5, 5.41) is 2.30. The number of halogens is 1. The zero-order valence-electron chi connectivity index (χ0n) is 24.8. The standard InChI is InChI=1S/C41H31BrO/c1-24-21-34-35(22-25(24)2)41(29-11-6-5-7-12-29,39-27(4)26(3)23-36(42)38(34)39)30-19-17-28(18-20-30)31-14-10-15-33-32-13-8-9-16-37(32)43-40(31)33/h5-23H,1-4H3. The molecular formula is C41H31BrO. The van der Waals surface area contributed by atoms with E-state index in [1.54, 1.807) is 0 Å². The average Bonchev–Trinajstić information content (AvgIpc) is 3.55. The number of aryl methyl sites for hydroxylation is 3. The summed E-state index contributed by atoms with van der Waals surface area (Å²) in [6.07, 6.45) is 0. The average molecular weight is 620 g/mol. The van der Waals surface area contributed by atoms with Gasteiger partial charge in [0.25, 0.3) is 0 Å². The van der Waals surface area contributed by atoms with E-state index < -0.39 is 5.41 Å². The molecule has 1 atom stereocenters. The Hall–Kier alpha value is -4.40. The van der Waals surface area contributed by atoms with Gasteiger partial charge in [0.1, 0.15) is 11.2 Å². The summed E-state index contributed by atoms with van der Waals surface area (Å²) in [5.41, 5.74) is 16.8. The highest BCUT2D eigenvalue weighted by molar-refractivity contribution is 9.10. The van der Waals surface area contributed by atoms with Gasteiger partial charge in [0.15, 0.2) is 0 Å². The minimum absolute atomic E-state index is 0.451. The van der Waals surface area contributed by atoms with Gasteiger partial charge in [0.2, 0.25) is 0 Å². The van der Waals surface area contributed by atoms with Crippen LogP contribution in [0.5, 0.6) is 0 Å². The smallest absolute Gasteiger partial charge is 0.143 e. The van der Waals surface area contributed by atoms with E-state index in [0.717, 1.165) is 37.5 Å². The first-order valence-electron chi connectivity index (χ1n) is 14.9. The van der Waals surface area contributed by atoms with Crippen molar-refractivity contribution in [3.8, 4) is 22.3 Å². The number of hydrogen-bond donors (Lipinski definition) is 0. The number of fused-ring (bicyclic) bond motifs is 6. The Kier molecular flexibility index (Phi) is 5.83. The second-order valence-electron chi connectivity index (χ2n) is 12.0. The van der Waals surface area contributed by atoms with Gasteiger partial charge in [-0.2, -0.15) is 0 Å². The third kappa shape index (κ3) is 3.63. The van der Waals surface area contributed by atoms with Gasteiger partial charge in [-0.25, -0.2) is 0 Å². The van der Waals surface area contributed by atoms with Crippen LogP contribution in [0.2, 0.25) is 0 Å². The van der Waals surface area contributed by atoms with E-state index in [1.165, 1.54) is 55.6 Å². The minimum Gasteiger partial charge on any atom is -0.455 e. The largest absolute Gasteiger partial charge is 0.455 e. The molecule has 2 heteroatoms. The molecule has 0 bridgehead atoms. The van der Waals surface area contributed by atoms with Gasteiger partial charge < -0.3 is 4.42 Å². The predicted molar refractivity (Wildman–Crippen MR) is 183 cm³/mol. The maximum absolute atomic E-state index is 6.41. The zero-order chi connectivity index (χ0) is 29.5. The number of furan rings is 1. The molecule has 1 unspecified atom stereocenters. The molecule has 1 nitrogen and oxygen atoms in total. The number of rotatable bonds is 3. The van der Waals surface area contributed by atoms with Crippen LogP contribution in [0.3, 0.4) is 0 Å². The van der Waals surface area contributed by atoms with Crippen LogP contribution in [0.25, 0.3) is 44.2 Å². The van der Waals surface area contributed by atoms with Crippen molar-refractivity contribution < 1.29 is 4.42 Å². The molecule has 0 N–H and O–H groups in total. The molecule has 7 aromatic rings. The van der Waals surface area contributed by atoms with Gasteiger partial charge in [0.05, 0.1) is 5.41 Å². The van der Waals surface area contributed by atoms with Crippen LogP contribution in [0, 0.1) is 27.7 Å². The van der Waals surface area contributed by atoms with Crippen molar-refractivity contribution in [1.82, 2.24) is 0 Å². The van der Waals surface area contributed by atoms with Crippen LogP contribution in [-0.4, -0.2) is 0 Å². The second-order valence-corrected chi connectivity index (χ2v) is 12.9. The molecule has 208 valence electrons. The highest BCUT2D eigenvalue weighted by Gasteiger charge is 2.48. The van der Waals surface area contributed by atoms with E-state index in [-0.39, 0.29) is 0 Å². The molecule has 1 aliphatic carbocycles. The van der Waals surface area contributed by atoms with Gasteiger partial charge in [-0.15, -0.1) is 0 Å². The lowest BCUT2D eigenvalue weighted by molar-refractivity contribution is 0.670. The van der Waals surface area contributed by atoms with Crippen molar-refractivity contribution in [1.29, 1.82) is 0 Å². The predicted octanol–water partition coefficient (Wildman–Crippen LogP) is 11.6. The summed E-state index contributed by atoms with van der Waals surface area (Å²) < 4.78 is 7.57. The number of hydrogen-bond acceptors (Lipinski definition) is 1. The fourth-order valence-corrected chi connectivity index (χ4v) is 8.16. The third-order valence-corrected chi connectivity index (χ3v) is 10.3. The van der Waals surface area contributed by atoms with E-state index in [0.29, 0.717) is 0 Å². The molecule has 1 aliphatic rings. The molecule has 0 saturated heterocycles. The summed E-state index contributed by atoms with van der Waals surface area (Å²) in [6, 6.07) is 42.2. The van der Waals surface area contributed by atoms with Crippen molar-refractivity contribution in [2.45, 2.75) is 33.1 Å². The Bertz CT molecular complexity index is 2220. The Morgan fingerprint density at radius 2 is 1.26 bits per heavy atom. The maximum Gasteiger partial charge on any atom is 0.143 e. The van der Waals surface area contributed by atoms with Crippen LogP contribution in [0.4, 0.5) is 0 Å². The van der Waals surface area contributed by atoms with Crippen molar-refractivity contribution in [2.75, 3.05) is 0 Å². The van der Waals surface area contributed by atoms with Crippen LogP contribution in [0.15, 0.2) is 124 Å². The summed E-state index contributed by atoms with van der Waals surface area (Å²) in [6.45, 7) is 8.98. The molecule has 0 amide bonds. The lowest BCUT2D eigenvalue weighted by Gasteiger charge is -2.35. The maximum atomic E-state index is 6.41. The van der Waals surface area contributed by atoms with E-state index in [1.807, 2.05) is 12.1 Å². The fourth-order valence-electron chi connectivity index (χ4n) is 7.40. The molecule has 8 rings (SSSR count). The van der Waals surface area contributed by atoms with Crippen LogP contribution in [0.1, 0.15) is 44.5 Å². The van der Waals surface area contributed by atoms with E-state index in [4.69, 9.17) is 4.42 Å². The highest BCUT2D eigenvalue weighted by Crippen LogP contribution is 2.59. The van der Waals surface area contributed by atoms with Gasteiger partial charge in [-0.05, 0) is 95.5 Å². The monoisotopic (exact) mass is 618 g/mol. The van der Waals surface area contributed by atoms with Crippen molar-refractivity contribution in [3.05, 3.63) is 164 Å². The summed E-state index contributed by atoms with van der Waals surface area (Å²) in [4.78, 5) is 0. The quantitative estimate of drug-likeness (QED) is 0.192. The fraction of sp³-hybridized carbons (Fsp3) is 0.122. The van der Waals surface area contributed by atoms with E-state index in [2.05, 4.69) is 147 Å². The van der Waals surface area contributed by atoms with Crippen LogP contribution >= 0.6 is 15.9 Å². The molecule has 1 heterocycles. The highest BCUT2D eigenvalue weighted by atomic mass is 79.9. The molecule has 1 aromatic heterocycles. The minimum atomic E-state index is -0.451. The first kappa shape index (κ1) is 26.2. The molecule has 6 aromatic carbocycles. The van der Waals surface area contributed by atoms with Crippen molar-refractivity contribution in [2.24, 2.45) is 0 Å². The number of benzene rings is 6. The van der Waals surface area contributed by atoms with E-state index in [9.17, 15) is 0 Å². The number of para-hydroxylation sites is 2. The molecule has 0 spiro atoms. The lowest BCUT2D eigenvalue weighted by atomic mass is 9.66. The van der Waals surface area contributed by atoms with Gasteiger partial charge in [-0.1, -0.05) is 119 Å². The molecule has 0 saturated carbocycles. The van der Waals surface area contributed by atoms with E-state index >= 15 is 0 Å². The summed E-state index contributed by atoms with van der Waals surface area (Å²) in [7, 11) is 0. The van der Waals surface area contributed by atoms with Crippen molar-refractivity contribution in [3.63, 3.8) is 0 Å². The van der Waals surface area contributed by atoms with Crippen LogP contribution in [-0.2, 0) is 5.41 Å². The Morgan fingerprint density at radius 3 is 2.05 bits per heavy atom. The van der Waals surface area contributed by atoms with Gasteiger partial charge in [0, 0.05) is 26.4 Å². The molecule has 43 heavy (non-hydrogen) atoms.